The van der Waals surface area contributed by atoms with Gasteiger partial charge in [-0.3, -0.25) is 0 Å². The van der Waals surface area contributed by atoms with Crippen molar-refractivity contribution in [3.8, 4) is 0 Å². The zero-order chi connectivity index (χ0) is 23.5. The van der Waals surface area contributed by atoms with E-state index >= 15 is 0 Å². The minimum Gasteiger partial charge on any atom is -0.444 e. The Balaban J connectivity index is 1.92. The molecule has 172 valence electrons. The van der Waals surface area contributed by atoms with Gasteiger partial charge in [0.05, 0.1) is 24.4 Å². The molecule has 2 atom stereocenters. The van der Waals surface area contributed by atoms with E-state index in [2.05, 4.69) is 36.5 Å². The summed E-state index contributed by atoms with van der Waals surface area (Å²) in [5, 5.41) is 18.5. The van der Waals surface area contributed by atoms with E-state index in [1.807, 2.05) is 5.38 Å². The monoisotopic (exact) mass is 544 g/mol. The van der Waals surface area contributed by atoms with Crippen LogP contribution in [0.3, 0.4) is 0 Å². The van der Waals surface area contributed by atoms with Crippen LogP contribution in [0, 0.1) is 5.82 Å². The molecule has 2 unspecified atom stereocenters. The number of halogens is 3. The molecule has 0 fully saturated rings. The number of carbonyl (C=O) groups is 1. The molecular weight excluding hydrogens is 523 g/mol. The van der Waals surface area contributed by atoms with Crippen LogP contribution in [0.1, 0.15) is 43.8 Å². The van der Waals surface area contributed by atoms with Gasteiger partial charge in [0.25, 0.3) is 0 Å². The van der Waals surface area contributed by atoms with Crippen LogP contribution < -0.4 is 10.6 Å². The maximum Gasteiger partial charge on any atom is 0.407 e. The average molecular weight is 546 g/mol. The topological polar surface area (TPSA) is 95.8 Å². The van der Waals surface area contributed by atoms with Crippen LogP contribution in [-0.2, 0) is 4.74 Å². The predicted molar refractivity (Wildman–Crippen MR) is 127 cm³/mol. The number of alkyl carbamates (subject to hydrolysis) is 1. The number of aliphatic hydroxyl groups excluding tert-OH is 1. The van der Waals surface area contributed by atoms with Crippen LogP contribution in [0.4, 0.5) is 9.18 Å². The number of benzene rings is 1. The Morgan fingerprint density at radius 2 is 2.22 bits per heavy atom. The number of hydrogen-bond acceptors (Lipinski definition) is 7. The van der Waals surface area contributed by atoms with Crippen molar-refractivity contribution in [1.82, 2.24) is 15.6 Å². The van der Waals surface area contributed by atoms with E-state index in [1.165, 1.54) is 23.5 Å². The van der Waals surface area contributed by atoms with Crippen molar-refractivity contribution in [1.29, 1.82) is 0 Å². The van der Waals surface area contributed by atoms with Gasteiger partial charge in [0.2, 0.25) is 0 Å². The van der Waals surface area contributed by atoms with Gasteiger partial charge in [-0.05, 0) is 38.5 Å². The lowest BCUT2D eigenvalue weighted by molar-refractivity contribution is 0.0482. The highest BCUT2D eigenvalue weighted by molar-refractivity contribution is 9.11. The number of rotatable bonds is 6. The van der Waals surface area contributed by atoms with E-state index < -0.39 is 29.6 Å². The summed E-state index contributed by atoms with van der Waals surface area (Å²) < 4.78 is 19.5. The van der Waals surface area contributed by atoms with Gasteiger partial charge in [0.1, 0.15) is 11.4 Å². The predicted octanol–water partition coefficient (Wildman–Crippen LogP) is 4.91. The van der Waals surface area contributed by atoms with E-state index in [4.69, 9.17) is 16.3 Å². The number of ether oxygens (including phenoxy) is 1. The molecule has 1 amide bonds. The van der Waals surface area contributed by atoms with Crippen molar-refractivity contribution in [3.05, 3.63) is 61.4 Å². The maximum atomic E-state index is 13.6. The van der Waals surface area contributed by atoms with E-state index in [0.29, 0.717) is 26.6 Å². The Kier molecular flexibility index (Phi) is 7.92. The molecule has 3 N–H and O–H groups in total. The lowest BCUT2D eigenvalue weighted by Gasteiger charge is -2.29. The molecule has 1 aromatic carbocycles. The number of nitrogens with one attached hydrogen (secondary N) is 2. The van der Waals surface area contributed by atoms with Crippen molar-refractivity contribution >= 4 is 50.8 Å². The SMILES string of the molecule is CC(C)(C)OC(=O)NC(CO)CC1=C(Br)C(c2ccc(F)cc2Cl)NC(c2nccs2)=N1. The van der Waals surface area contributed by atoms with Crippen molar-refractivity contribution in [2.45, 2.75) is 44.9 Å². The number of carbonyl (C=O) groups excluding carboxylic acids is 1. The number of hydrogen-bond donors (Lipinski definition) is 3. The average Bonchev–Trinajstić information content (AvgIpc) is 3.22. The molecule has 0 radical (unpaired) electrons. The zero-order valence-electron chi connectivity index (χ0n) is 17.7. The standard InChI is InChI=1S/C21H23BrClFN4O3S/c1-21(2,3)31-20(30)26-12(10-29)9-15-16(22)17(13-5-4-11(24)8-14(13)23)28-18(27-15)19-25-6-7-32-19/h4-8,12,17,29H,9-10H2,1-3H3,(H,26,30)(H,27,28). The third-order valence-corrected chi connectivity index (χ3v) is 6.37. The normalized spacial score (nSPS) is 17.5. The summed E-state index contributed by atoms with van der Waals surface area (Å²) in [4.78, 5) is 21.2. The quantitative estimate of drug-likeness (QED) is 0.479. The highest BCUT2D eigenvalue weighted by atomic mass is 79.9. The lowest BCUT2D eigenvalue weighted by atomic mass is 10.0. The zero-order valence-corrected chi connectivity index (χ0v) is 20.8. The Morgan fingerprint density at radius 1 is 1.47 bits per heavy atom. The number of aromatic nitrogens is 1. The fourth-order valence-electron chi connectivity index (χ4n) is 3.00. The van der Waals surface area contributed by atoms with Crippen LogP contribution in [0.2, 0.25) is 5.02 Å². The summed E-state index contributed by atoms with van der Waals surface area (Å²) in [6.07, 6.45) is 1.24. The van der Waals surface area contributed by atoms with Gasteiger partial charge in [0, 0.05) is 27.5 Å². The molecule has 1 aromatic heterocycles. The first-order valence-corrected chi connectivity index (χ1v) is 11.8. The third kappa shape index (κ3) is 6.28. The number of thiazole rings is 1. The second kappa shape index (κ2) is 10.3. The molecule has 2 aromatic rings. The van der Waals surface area contributed by atoms with Gasteiger partial charge >= 0.3 is 6.09 Å². The second-order valence-electron chi connectivity index (χ2n) is 8.07. The van der Waals surface area contributed by atoms with Crippen molar-refractivity contribution in [3.63, 3.8) is 0 Å². The minimum absolute atomic E-state index is 0.211. The molecule has 32 heavy (non-hydrogen) atoms. The smallest absolute Gasteiger partial charge is 0.407 e. The van der Waals surface area contributed by atoms with Crippen molar-refractivity contribution < 1.29 is 19.0 Å². The van der Waals surface area contributed by atoms with Crippen LogP contribution in [0.15, 0.2) is 44.9 Å². The van der Waals surface area contributed by atoms with Gasteiger partial charge < -0.3 is 20.5 Å². The fourth-order valence-corrected chi connectivity index (χ4v) is 4.48. The maximum absolute atomic E-state index is 13.6. The molecule has 11 heteroatoms. The number of amidine groups is 1. The van der Waals surface area contributed by atoms with Gasteiger partial charge in [-0.15, -0.1) is 11.3 Å². The summed E-state index contributed by atoms with van der Waals surface area (Å²) >= 11 is 11.3. The highest BCUT2D eigenvalue weighted by Crippen LogP contribution is 2.38. The first-order chi connectivity index (χ1) is 15.1. The van der Waals surface area contributed by atoms with Crippen LogP contribution in [-0.4, -0.2) is 40.3 Å². The molecule has 0 saturated heterocycles. The first-order valence-electron chi connectivity index (χ1n) is 9.76. The summed E-state index contributed by atoms with van der Waals surface area (Å²) in [5.74, 6) is 0.0724. The fraction of sp³-hybridized carbons (Fsp3) is 0.381. The lowest BCUT2D eigenvalue weighted by Crippen LogP contribution is -2.42. The van der Waals surface area contributed by atoms with Crippen LogP contribution in [0.25, 0.3) is 0 Å². The first kappa shape index (κ1) is 24.6. The molecule has 2 heterocycles. The third-order valence-electron chi connectivity index (χ3n) is 4.35. The molecular formula is C21H23BrClFN4O3S. The molecule has 7 nitrogen and oxygen atoms in total. The molecule has 0 bridgehead atoms. The molecule has 0 saturated carbocycles. The second-order valence-corrected chi connectivity index (χ2v) is 10.2. The van der Waals surface area contributed by atoms with Crippen LogP contribution in [0.5, 0.6) is 0 Å². The Bertz CT molecular complexity index is 1040. The Morgan fingerprint density at radius 3 is 2.81 bits per heavy atom. The van der Waals surface area contributed by atoms with Gasteiger partial charge in [0.15, 0.2) is 10.8 Å². The van der Waals surface area contributed by atoms with Gasteiger partial charge in [-0.25, -0.2) is 19.2 Å². The van der Waals surface area contributed by atoms with Crippen molar-refractivity contribution in [2.24, 2.45) is 4.99 Å². The number of amides is 1. The van der Waals surface area contributed by atoms with E-state index in [9.17, 15) is 14.3 Å². The molecule has 0 aliphatic carbocycles. The van der Waals surface area contributed by atoms with Crippen LogP contribution >= 0.6 is 38.9 Å². The number of nitrogens with zero attached hydrogens (tertiary/aromatic N) is 2. The molecule has 1 aliphatic rings. The van der Waals surface area contributed by atoms with E-state index in [-0.39, 0.29) is 18.1 Å². The van der Waals surface area contributed by atoms with Gasteiger partial charge in [-0.2, -0.15) is 0 Å². The Hall–Kier alpha value is -2.01. The largest absolute Gasteiger partial charge is 0.444 e. The number of aliphatic hydroxyl groups is 1. The highest BCUT2D eigenvalue weighted by Gasteiger charge is 2.30. The molecule has 3 rings (SSSR count). The van der Waals surface area contributed by atoms with Crippen molar-refractivity contribution in [2.75, 3.05) is 6.61 Å². The van der Waals surface area contributed by atoms with Gasteiger partial charge in [-0.1, -0.05) is 33.6 Å². The summed E-state index contributed by atoms with van der Waals surface area (Å²) in [6, 6.07) is 3.07. The molecule has 1 aliphatic heterocycles. The summed E-state index contributed by atoms with van der Waals surface area (Å²) in [5.41, 5.74) is 0.552. The molecule has 0 spiro atoms. The summed E-state index contributed by atoms with van der Waals surface area (Å²) in [6.45, 7) is 4.96. The summed E-state index contributed by atoms with van der Waals surface area (Å²) in [7, 11) is 0. The minimum atomic E-state index is -0.667. The van der Waals surface area contributed by atoms with E-state index in [0.717, 1.165) is 0 Å². The number of aliphatic imine (C=N–C) groups is 1. The Labute approximate surface area is 202 Å². The van der Waals surface area contributed by atoms with E-state index in [1.54, 1.807) is 33.0 Å².